The Hall–Kier alpha value is -1.01. The van der Waals surface area contributed by atoms with E-state index in [1.807, 2.05) is 0 Å². The van der Waals surface area contributed by atoms with Crippen LogP contribution in [0.1, 0.15) is 30.6 Å². The molecule has 3 N–H and O–H groups in total. The first-order valence-electron chi connectivity index (χ1n) is 7.20. The van der Waals surface area contributed by atoms with E-state index in [9.17, 15) is 9.59 Å². The van der Waals surface area contributed by atoms with E-state index in [1.165, 1.54) is 0 Å². The molecule has 1 unspecified atom stereocenters. The maximum absolute atomic E-state index is 12.1. The largest absolute Gasteiger partial charge is 0.353 e. The average molecular weight is 383 g/mol. The summed E-state index contributed by atoms with van der Waals surface area (Å²) in [5.74, 6) is -0.677. The number of hydrogen-bond acceptors (Lipinski definition) is 3. The van der Waals surface area contributed by atoms with Gasteiger partial charge in [-0.15, -0.1) is 12.4 Å². The number of benzene rings is 1. The molecule has 0 spiro atoms. The molecule has 0 aliphatic heterocycles. The standard InChI is InChI=1S/C15H21Cl2N3O2.ClH/c1-3-7-18-8-9-19-14(21)10(2)20-15(22)11-5-4-6-12(16)13(11)17;/h4-6,10,18H,3,7-9H2,1-2H3,(H,19,21)(H,20,22);1H. The molecule has 5 nitrogen and oxygen atoms in total. The molecule has 1 aromatic rings. The van der Waals surface area contributed by atoms with Gasteiger partial charge in [-0.1, -0.05) is 36.2 Å². The molecule has 0 saturated carbocycles. The monoisotopic (exact) mass is 381 g/mol. The zero-order valence-corrected chi connectivity index (χ0v) is 15.4. The van der Waals surface area contributed by atoms with Gasteiger partial charge >= 0.3 is 0 Å². The van der Waals surface area contributed by atoms with Crippen LogP contribution in [0.25, 0.3) is 0 Å². The molecule has 0 heterocycles. The van der Waals surface area contributed by atoms with Crippen molar-refractivity contribution in [2.75, 3.05) is 19.6 Å². The number of rotatable bonds is 8. The van der Waals surface area contributed by atoms with Gasteiger partial charge in [0.25, 0.3) is 5.91 Å². The molecule has 130 valence electrons. The summed E-state index contributed by atoms with van der Waals surface area (Å²) in [6, 6.07) is 4.13. The predicted molar refractivity (Wildman–Crippen MR) is 96.8 cm³/mol. The van der Waals surface area contributed by atoms with Crippen LogP contribution >= 0.6 is 35.6 Å². The zero-order chi connectivity index (χ0) is 16.5. The highest BCUT2D eigenvalue weighted by atomic mass is 35.5. The van der Waals surface area contributed by atoms with Gasteiger partial charge in [0.2, 0.25) is 5.91 Å². The Morgan fingerprint density at radius 1 is 1.17 bits per heavy atom. The van der Waals surface area contributed by atoms with E-state index in [-0.39, 0.29) is 28.9 Å². The molecule has 0 radical (unpaired) electrons. The lowest BCUT2D eigenvalue weighted by Crippen LogP contribution is -2.46. The van der Waals surface area contributed by atoms with Crippen LogP contribution in [0.5, 0.6) is 0 Å². The van der Waals surface area contributed by atoms with Crippen LogP contribution in [0.15, 0.2) is 18.2 Å². The summed E-state index contributed by atoms with van der Waals surface area (Å²) in [4.78, 5) is 24.0. The second-order valence-electron chi connectivity index (χ2n) is 4.84. The highest BCUT2D eigenvalue weighted by Crippen LogP contribution is 2.25. The fraction of sp³-hybridized carbons (Fsp3) is 0.467. The molecule has 1 aromatic carbocycles. The number of amides is 2. The molecule has 0 bridgehead atoms. The molecule has 0 aliphatic carbocycles. The Kier molecular flexibility index (Phi) is 11.0. The Balaban J connectivity index is 0.00000484. The van der Waals surface area contributed by atoms with Crippen molar-refractivity contribution >= 4 is 47.4 Å². The van der Waals surface area contributed by atoms with E-state index in [0.29, 0.717) is 18.1 Å². The van der Waals surface area contributed by atoms with Gasteiger partial charge in [0.05, 0.1) is 15.6 Å². The molecule has 0 aliphatic rings. The summed E-state index contributed by atoms with van der Waals surface area (Å²) < 4.78 is 0. The smallest absolute Gasteiger partial charge is 0.253 e. The van der Waals surface area contributed by atoms with E-state index < -0.39 is 11.9 Å². The van der Waals surface area contributed by atoms with Gasteiger partial charge in [-0.2, -0.15) is 0 Å². The van der Waals surface area contributed by atoms with Crippen LogP contribution in [0.3, 0.4) is 0 Å². The van der Waals surface area contributed by atoms with Gasteiger partial charge in [0.15, 0.2) is 0 Å². The summed E-state index contributed by atoms with van der Waals surface area (Å²) >= 11 is 11.9. The lowest BCUT2D eigenvalue weighted by Gasteiger charge is -2.15. The Bertz CT molecular complexity index is 527. The maximum atomic E-state index is 12.1. The van der Waals surface area contributed by atoms with E-state index in [2.05, 4.69) is 22.9 Å². The van der Waals surface area contributed by atoms with Crippen molar-refractivity contribution in [1.82, 2.24) is 16.0 Å². The highest BCUT2D eigenvalue weighted by molar-refractivity contribution is 6.43. The van der Waals surface area contributed by atoms with Crippen LogP contribution in [-0.2, 0) is 4.79 Å². The zero-order valence-electron chi connectivity index (χ0n) is 13.1. The van der Waals surface area contributed by atoms with Crippen LogP contribution in [0.4, 0.5) is 0 Å². The summed E-state index contributed by atoms with van der Waals surface area (Å²) in [7, 11) is 0. The minimum absolute atomic E-state index is 0. The number of hydrogen-bond donors (Lipinski definition) is 3. The second-order valence-corrected chi connectivity index (χ2v) is 5.62. The second kappa shape index (κ2) is 11.5. The van der Waals surface area contributed by atoms with E-state index in [0.717, 1.165) is 13.0 Å². The fourth-order valence-corrected chi connectivity index (χ4v) is 2.13. The number of halogens is 3. The lowest BCUT2D eigenvalue weighted by molar-refractivity contribution is -0.122. The minimum Gasteiger partial charge on any atom is -0.353 e. The van der Waals surface area contributed by atoms with E-state index in [4.69, 9.17) is 23.2 Å². The van der Waals surface area contributed by atoms with Crippen molar-refractivity contribution in [3.63, 3.8) is 0 Å². The van der Waals surface area contributed by atoms with Crippen LogP contribution < -0.4 is 16.0 Å². The predicted octanol–water partition coefficient (Wildman–Crippen LogP) is 2.65. The first-order chi connectivity index (χ1) is 10.5. The molecule has 23 heavy (non-hydrogen) atoms. The van der Waals surface area contributed by atoms with Gasteiger partial charge in [-0.05, 0) is 32.0 Å². The van der Waals surface area contributed by atoms with Crippen molar-refractivity contribution in [1.29, 1.82) is 0 Å². The Labute approximate surface area is 152 Å². The molecule has 1 rings (SSSR count). The molecule has 1 atom stereocenters. The van der Waals surface area contributed by atoms with Crippen molar-refractivity contribution < 1.29 is 9.59 Å². The molecule has 0 saturated heterocycles. The molecule has 8 heteroatoms. The van der Waals surface area contributed by atoms with Crippen molar-refractivity contribution in [2.24, 2.45) is 0 Å². The molecular weight excluding hydrogens is 361 g/mol. The molecule has 2 amide bonds. The van der Waals surface area contributed by atoms with E-state index in [1.54, 1.807) is 25.1 Å². The van der Waals surface area contributed by atoms with Gasteiger partial charge in [0, 0.05) is 13.1 Å². The molecule has 0 aromatic heterocycles. The van der Waals surface area contributed by atoms with Gasteiger partial charge in [-0.3, -0.25) is 9.59 Å². The average Bonchev–Trinajstić information content (AvgIpc) is 2.49. The number of carbonyl (C=O) groups is 2. The normalized spacial score (nSPS) is 11.3. The summed E-state index contributed by atoms with van der Waals surface area (Å²) in [6.45, 7) is 5.81. The highest BCUT2D eigenvalue weighted by Gasteiger charge is 2.18. The van der Waals surface area contributed by atoms with E-state index >= 15 is 0 Å². The van der Waals surface area contributed by atoms with Gasteiger partial charge < -0.3 is 16.0 Å². The van der Waals surface area contributed by atoms with Crippen molar-refractivity contribution in [3.8, 4) is 0 Å². The Morgan fingerprint density at radius 3 is 2.52 bits per heavy atom. The topological polar surface area (TPSA) is 70.2 Å². The third-order valence-corrected chi connectivity index (χ3v) is 3.78. The quantitative estimate of drug-likeness (QED) is 0.605. The first kappa shape index (κ1) is 22.0. The van der Waals surface area contributed by atoms with Crippen LogP contribution in [-0.4, -0.2) is 37.5 Å². The third-order valence-electron chi connectivity index (χ3n) is 2.96. The van der Waals surface area contributed by atoms with Crippen molar-refractivity contribution in [3.05, 3.63) is 33.8 Å². The Morgan fingerprint density at radius 2 is 1.87 bits per heavy atom. The molecule has 0 fully saturated rings. The van der Waals surface area contributed by atoms with Gasteiger partial charge in [0.1, 0.15) is 6.04 Å². The minimum atomic E-state index is -0.659. The fourth-order valence-electron chi connectivity index (χ4n) is 1.75. The summed E-state index contributed by atoms with van der Waals surface area (Å²) in [5.41, 5.74) is 0.249. The van der Waals surface area contributed by atoms with Crippen LogP contribution in [0, 0.1) is 0 Å². The van der Waals surface area contributed by atoms with Crippen molar-refractivity contribution in [2.45, 2.75) is 26.3 Å². The molecular formula is C15H22Cl3N3O2. The summed E-state index contributed by atoms with van der Waals surface area (Å²) in [6.07, 6.45) is 1.04. The number of carbonyl (C=O) groups excluding carboxylic acids is 2. The summed E-state index contributed by atoms with van der Waals surface area (Å²) in [5, 5.41) is 9.00. The first-order valence-corrected chi connectivity index (χ1v) is 7.96. The van der Waals surface area contributed by atoms with Crippen LogP contribution in [0.2, 0.25) is 10.0 Å². The third kappa shape index (κ3) is 7.40. The lowest BCUT2D eigenvalue weighted by atomic mass is 10.2. The number of nitrogens with one attached hydrogen (secondary N) is 3. The van der Waals surface area contributed by atoms with Gasteiger partial charge in [-0.25, -0.2) is 0 Å². The SMILES string of the molecule is CCCNCCNC(=O)C(C)NC(=O)c1cccc(Cl)c1Cl.Cl. The maximum Gasteiger partial charge on any atom is 0.253 e.